The highest BCUT2D eigenvalue weighted by Crippen LogP contribution is 2.41. The van der Waals surface area contributed by atoms with Crippen LogP contribution in [-0.2, 0) is 10.2 Å². The summed E-state index contributed by atoms with van der Waals surface area (Å²) in [6.07, 6.45) is 3.21. The lowest BCUT2D eigenvalue weighted by atomic mass is 9.67. The van der Waals surface area contributed by atoms with Crippen LogP contribution < -0.4 is 0 Å². The molecule has 0 N–H and O–H groups in total. The van der Waals surface area contributed by atoms with Gasteiger partial charge in [0.1, 0.15) is 5.78 Å². The SMILES string of the molecule is CC.N#CCC1(c2ccc(Cl)cc2)CCC(=O)CC1. The predicted molar refractivity (Wildman–Crippen MR) is 78.2 cm³/mol. The lowest BCUT2D eigenvalue weighted by molar-refractivity contribution is -0.121. The fourth-order valence-corrected chi connectivity index (χ4v) is 2.66. The second-order valence-electron chi connectivity index (χ2n) is 4.66. The minimum Gasteiger partial charge on any atom is -0.300 e. The summed E-state index contributed by atoms with van der Waals surface area (Å²) in [5.74, 6) is 0.313. The van der Waals surface area contributed by atoms with E-state index in [0.29, 0.717) is 30.1 Å². The summed E-state index contributed by atoms with van der Waals surface area (Å²) >= 11 is 5.88. The fourth-order valence-electron chi connectivity index (χ4n) is 2.53. The van der Waals surface area contributed by atoms with E-state index in [1.54, 1.807) is 0 Å². The second kappa shape index (κ2) is 7.31. The molecule has 0 aliphatic heterocycles. The van der Waals surface area contributed by atoms with Gasteiger partial charge in [0, 0.05) is 29.7 Å². The Balaban J connectivity index is 0.000000861. The van der Waals surface area contributed by atoms with E-state index in [1.165, 1.54) is 0 Å². The molecule has 3 heteroatoms. The van der Waals surface area contributed by atoms with Crippen molar-refractivity contribution in [1.82, 2.24) is 0 Å². The topological polar surface area (TPSA) is 40.9 Å². The van der Waals surface area contributed by atoms with E-state index in [-0.39, 0.29) is 5.41 Å². The van der Waals surface area contributed by atoms with Gasteiger partial charge in [0.2, 0.25) is 0 Å². The quantitative estimate of drug-likeness (QED) is 0.789. The van der Waals surface area contributed by atoms with E-state index in [4.69, 9.17) is 16.9 Å². The molecular formula is C16H20ClNO. The number of carbonyl (C=O) groups excluding carboxylic acids is 1. The number of hydrogen-bond acceptors (Lipinski definition) is 2. The summed E-state index contributed by atoms with van der Waals surface area (Å²) in [6, 6.07) is 9.93. The van der Waals surface area contributed by atoms with Crippen molar-refractivity contribution in [3.8, 4) is 6.07 Å². The number of rotatable bonds is 2. The van der Waals surface area contributed by atoms with Crippen molar-refractivity contribution in [3.63, 3.8) is 0 Å². The molecule has 1 aliphatic carbocycles. The summed E-state index contributed by atoms with van der Waals surface area (Å²) in [5, 5.41) is 9.71. The predicted octanol–water partition coefficient (Wildman–Crippen LogP) is 4.66. The average molecular weight is 278 g/mol. The summed E-state index contributed by atoms with van der Waals surface area (Å²) in [6.45, 7) is 4.00. The monoisotopic (exact) mass is 277 g/mol. The third-order valence-corrected chi connectivity index (χ3v) is 3.89. The van der Waals surface area contributed by atoms with E-state index in [1.807, 2.05) is 38.1 Å². The number of hydrogen-bond donors (Lipinski definition) is 0. The molecule has 1 aliphatic rings. The molecule has 1 fully saturated rings. The van der Waals surface area contributed by atoms with Crippen molar-refractivity contribution < 1.29 is 4.79 Å². The van der Waals surface area contributed by atoms with Crippen LogP contribution >= 0.6 is 11.6 Å². The van der Waals surface area contributed by atoms with Gasteiger partial charge < -0.3 is 0 Å². The Morgan fingerprint density at radius 3 is 2.21 bits per heavy atom. The number of benzene rings is 1. The van der Waals surface area contributed by atoms with Crippen LogP contribution in [0.4, 0.5) is 0 Å². The smallest absolute Gasteiger partial charge is 0.132 e. The van der Waals surface area contributed by atoms with Crippen molar-refractivity contribution in [2.45, 2.75) is 51.4 Å². The number of halogens is 1. The highest BCUT2D eigenvalue weighted by atomic mass is 35.5. The largest absolute Gasteiger partial charge is 0.300 e. The van der Waals surface area contributed by atoms with Gasteiger partial charge in [-0.25, -0.2) is 0 Å². The molecule has 0 unspecified atom stereocenters. The first-order chi connectivity index (χ1) is 9.16. The summed E-state index contributed by atoms with van der Waals surface area (Å²) in [5.41, 5.74) is 0.990. The third-order valence-electron chi connectivity index (χ3n) is 3.64. The van der Waals surface area contributed by atoms with Crippen molar-refractivity contribution in [2.75, 3.05) is 0 Å². The van der Waals surface area contributed by atoms with Crippen LogP contribution in [0.25, 0.3) is 0 Å². The van der Waals surface area contributed by atoms with Gasteiger partial charge in [0.05, 0.1) is 6.07 Å². The molecule has 0 radical (unpaired) electrons. The molecule has 0 heterocycles. The van der Waals surface area contributed by atoms with E-state index in [2.05, 4.69) is 6.07 Å². The normalized spacial score (nSPS) is 17.1. The second-order valence-corrected chi connectivity index (χ2v) is 5.10. The van der Waals surface area contributed by atoms with Gasteiger partial charge in [-0.3, -0.25) is 4.79 Å². The number of nitriles is 1. The van der Waals surface area contributed by atoms with Crippen LogP contribution in [0.2, 0.25) is 5.02 Å². The van der Waals surface area contributed by atoms with Gasteiger partial charge in [-0.2, -0.15) is 5.26 Å². The number of ketones is 1. The van der Waals surface area contributed by atoms with Crippen molar-refractivity contribution >= 4 is 17.4 Å². The first-order valence-electron chi connectivity index (χ1n) is 6.81. The zero-order valence-corrected chi connectivity index (χ0v) is 12.3. The van der Waals surface area contributed by atoms with E-state index < -0.39 is 0 Å². The first kappa shape index (κ1) is 15.7. The molecule has 0 aromatic heterocycles. The van der Waals surface area contributed by atoms with Gasteiger partial charge in [-0.1, -0.05) is 37.6 Å². The molecule has 0 bridgehead atoms. The average Bonchev–Trinajstić information content (AvgIpc) is 2.45. The van der Waals surface area contributed by atoms with Gasteiger partial charge in [-0.05, 0) is 30.5 Å². The Labute approximate surface area is 120 Å². The Morgan fingerprint density at radius 1 is 1.21 bits per heavy atom. The molecule has 1 aromatic carbocycles. The molecular weight excluding hydrogens is 258 g/mol. The molecule has 2 rings (SSSR count). The van der Waals surface area contributed by atoms with Gasteiger partial charge in [-0.15, -0.1) is 0 Å². The highest BCUT2D eigenvalue weighted by Gasteiger charge is 2.36. The minimum absolute atomic E-state index is 0.146. The van der Waals surface area contributed by atoms with Crippen LogP contribution in [-0.4, -0.2) is 5.78 Å². The Hall–Kier alpha value is -1.33. The standard InChI is InChI=1S/C14H14ClNO.C2H6/c15-12-3-1-11(2-4-12)14(9-10-16)7-5-13(17)6-8-14;1-2/h1-4H,5-9H2;1-2H3. The van der Waals surface area contributed by atoms with Crippen LogP contribution in [0.5, 0.6) is 0 Å². The summed E-state index contributed by atoms with van der Waals surface area (Å²) in [7, 11) is 0. The summed E-state index contributed by atoms with van der Waals surface area (Å²) < 4.78 is 0. The molecule has 0 amide bonds. The Bertz CT molecular complexity index is 449. The van der Waals surface area contributed by atoms with Crippen molar-refractivity contribution in [3.05, 3.63) is 34.9 Å². The maximum atomic E-state index is 11.3. The number of nitrogens with zero attached hydrogens (tertiary/aromatic N) is 1. The maximum Gasteiger partial charge on any atom is 0.132 e. The van der Waals surface area contributed by atoms with E-state index >= 15 is 0 Å². The molecule has 1 aromatic rings. The van der Waals surface area contributed by atoms with Gasteiger partial charge >= 0.3 is 0 Å². The first-order valence-corrected chi connectivity index (χ1v) is 7.19. The van der Waals surface area contributed by atoms with Crippen LogP contribution in [0.1, 0.15) is 51.5 Å². The molecule has 0 atom stereocenters. The molecule has 19 heavy (non-hydrogen) atoms. The van der Waals surface area contributed by atoms with E-state index in [9.17, 15) is 4.79 Å². The minimum atomic E-state index is -0.146. The fraction of sp³-hybridized carbons (Fsp3) is 0.500. The summed E-state index contributed by atoms with van der Waals surface area (Å²) in [4.78, 5) is 11.3. The maximum absolute atomic E-state index is 11.3. The molecule has 0 saturated heterocycles. The van der Waals surface area contributed by atoms with Crippen molar-refractivity contribution in [1.29, 1.82) is 5.26 Å². The van der Waals surface area contributed by atoms with E-state index in [0.717, 1.165) is 18.4 Å². The zero-order chi connectivity index (χ0) is 14.3. The Kier molecular flexibility index (Phi) is 6.05. The van der Waals surface area contributed by atoms with Crippen LogP contribution in [0, 0.1) is 11.3 Å². The molecule has 102 valence electrons. The van der Waals surface area contributed by atoms with Gasteiger partial charge in [0.25, 0.3) is 0 Å². The molecule has 0 spiro atoms. The van der Waals surface area contributed by atoms with Crippen LogP contribution in [0.15, 0.2) is 24.3 Å². The lowest BCUT2D eigenvalue weighted by Gasteiger charge is -2.35. The highest BCUT2D eigenvalue weighted by molar-refractivity contribution is 6.30. The van der Waals surface area contributed by atoms with Gasteiger partial charge in [0.15, 0.2) is 0 Å². The molecule has 2 nitrogen and oxygen atoms in total. The number of Topliss-reactive ketones (excluding diaryl/α,β-unsaturated/α-hetero) is 1. The van der Waals surface area contributed by atoms with Crippen molar-refractivity contribution in [2.24, 2.45) is 0 Å². The number of carbonyl (C=O) groups is 1. The lowest BCUT2D eigenvalue weighted by Crippen LogP contribution is -2.31. The van der Waals surface area contributed by atoms with Crippen LogP contribution in [0.3, 0.4) is 0 Å². The zero-order valence-electron chi connectivity index (χ0n) is 11.6. The third kappa shape index (κ3) is 3.81. The molecule has 1 saturated carbocycles. The Morgan fingerprint density at radius 2 is 1.74 bits per heavy atom.